The number of halogens is 1. The number of hydrogen-bond donors (Lipinski definition) is 1. The van der Waals surface area contributed by atoms with Gasteiger partial charge >= 0.3 is 0 Å². The number of sulfonamides is 1. The quantitative estimate of drug-likeness (QED) is 0.639. The topological polar surface area (TPSA) is 89.3 Å². The summed E-state index contributed by atoms with van der Waals surface area (Å²) in [6.45, 7) is 2.54. The molecule has 24 heavy (non-hydrogen) atoms. The first-order valence-electron chi connectivity index (χ1n) is 7.11. The van der Waals surface area contributed by atoms with Gasteiger partial charge in [-0.3, -0.25) is 10.1 Å². The first kappa shape index (κ1) is 18.0. The number of aryl methyl sites for hydroxylation is 1. The monoisotopic (exact) mass is 352 g/mol. The Morgan fingerprint density at radius 1 is 1.12 bits per heavy atom. The summed E-state index contributed by atoms with van der Waals surface area (Å²) in [5.74, 6) is -0.511. The van der Waals surface area contributed by atoms with E-state index in [4.69, 9.17) is 0 Å². The third kappa shape index (κ3) is 4.15. The standard InChI is InChI=1S/C16H17FN2O4S/c1-12-3-9-15(10-4-12)24(22,23)18-16(2,11-19(20)21)13-5-7-14(17)8-6-13/h3-10,18H,11H2,1-2H3. The van der Waals surface area contributed by atoms with E-state index in [-0.39, 0.29) is 4.90 Å². The lowest BCUT2D eigenvalue weighted by Gasteiger charge is -2.27. The van der Waals surface area contributed by atoms with Crippen molar-refractivity contribution in [2.45, 2.75) is 24.3 Å². The molecule has 0 aliphatic rings. The number of rotatable bonds is 6. The van der Waals surface area contributed by atoms with E-state index in [1.807, 2.05) is 6.92 Å². The lowest BCUT2D eigenvalue weighted by molar-refractivity contribution is -0.490. The highest BCUT2D eigenvalue weighted by Gasteiger charge is 2.37. The maximum Gasteiger partial charge on any atom is 0.241 e. The molecule has 0 amide bonds. The summed E-state index contributed by atoms with van der Waals surface area (Å²) in [4.78, 5) is 10.4. The van der Waals surface area contributed by atoms with Crippen LogP contribution in [0.2, 0.25) is 0 Å². The predicted octanol–water partition coefficient (Wildman–Crippen LogP) is 2.60. The minimum atomic E-state index is -3.99. The Kier molecular flexibility index (Phi) is 5.00. The molecule has 0 saturated heterocycles. The predicted molar refractivity (Wildman–Crippen MR) is 87.1 cm³/mol. The lowest BCUT2D eigenvalue weighted by atomic mass is 9.93. The van der Waals surface area contributed by atoms with Crippen molar-refractivity contribution in [2.75, 3.05) is 6.54 Å². The maximum atomic E-state index is 13.1. The van der Waals surface area contributed by atoms with Gasteiger partial charge in [-0.05, 0) is 43.7 Å². The van der Waals surface area contributed by atoms with Crippen LogP contribution in [0.5, 0.6) is 0 Å². The molecule has 0 fully saturated rings. The van der Waals surface area contributed by atoms with E-state index in [0.29, 0.717) is 5.56 Å². The van der Waals surface area contributed by atoms with Crippen LogP contribution in [0.25, 0.3) is 0 Å². The fourth-order valence-electron chi connectivity index (χ4n) is 2.33. The second kappa shape index (κ2) is 6.66. The molecule has 2 aromatic rings. The zero-order valence-corrected chi connectivity index (χ0v) is 14.0. The Bertz CT molecular complexity index is 835. The minimum absolute atomic E-state index is 0.00443. The van der Waals surface area contributed by atoms with Crippen LogP contribution in [0, 0.1) is 22.9 Å². The highest BCUT2D eigenvalue weighted by atomic mass is 32.2. The van der Waals surface area contributed by atoms with Crippen LogP contribution < -0.4 is 4.72 Å². The summed E-state index contributed by atoms with van der Waals surface area (Å²) in [6.07, 6.45) is 0. The normalized spacial score (nSPS) is 14.1. The molecule has 8 heteroatoms. The average Bonchev–Trinajstić information content (AvgIpc) is 2.46. The van der Waals surface area contributed by atoms with Gasteiger partial charge in [-0.2, -0.15) is 4.72 Å². The zero-order valence-electron chi connectivity index (χ0n) is 13.2. The van der Waals surface area contributed by atoms with Crippen molar-refractivity contribution in [3.05, 3.63) is 75.6 Å². The molecule has 6 nitrogen and oxygen atoms in total. The SMILES string of the molecule is Cc1ccc(S(=O)(=O)NC(C)(C[N+](=O)[O-])c2ccc(F)cc2)cc1. The Morgan fingerprint density at radius 2 is 1.67 bits per heavy atom. The fraction of sp³-hybridized carbons (Fsp3) is 0.250. The van der Waals surface area contributed by atoms with Crippen LogP contribution in [-0.4, -0.2) is 19.9 Å². The van der Waals surface area contributed by atoms with Crippen LogP contribution in [0.3, 0.4) is 0 Å². The van der Waals surface area contributed by atoms with Gasteiger partial charge in [0.15, 0.2) is 0 Å². The number of nitrogens with one attached hydrogen (secondary N) is 1. The Labute approximate surface area is 139 Å². The van der Waals surface area contributed by atoms with Crippen molar-refractivity contribution < 1.29 is 17.7 Å². The van der Waals surface area contributed by atoms with E-state index < -0.39 is 32.8 Å². The minimum Gasteiger partial charge on any atom is -0.264 e. The molecule has 1 atom stereocenters. The molecule has 0 radical (unpaired) electrons. The summed E-state index contributed by atoms with van der Waals surface area (Å²) in [5.41, 5.74) is -0.321. The molecule has 1 unspecified atom stereocenters. The highest BCUT2D eigenvalue weighted by Crippen LogP contribution is 2.24. The third-order valence-corrected chi connectivity index (χ3v) is 5.23. The van der Waals surface area contributed by atoms with E-state index in [0.717, 1.165) is 17.7 Å². The lowest BCUT2D eigenvalue weighted by Crippen LogP contribution is -2.48. The molecule has 2 aromatic carbocycles. The summed E-state index contributed by atoms with van der Waals surface area (Å²) in [5, 5.41) is 11.0. The molecule has 0 saturated carbocycles. The molecule has 0 bridgehead atoms. The van der Waals surface area contributed by atoms with E-state index in [1.54, 1.807) is 12.1 Å². The molecule has 2 rings (SSSR count). The van der Waals surface area contributed by atoms with E-state index >= 15 is 0 Å². The first-order chi connectivity index (χ1) is 11.1. The Hall–Kier alpha value is -2.32. The number of nitro groups is 1. The maximum absolute atomic E-state index is 13.1. The highest BCUT2D eigenvalue weighted by molar-refractivity contribution is 7.89. The van der Waals surface area contributed by atoms with Crippen molar-refractivity contribution in [3.8, 4) is 0 Å². The first-order valence-corrected chi connectivity index (χ1v) is 8.59. The van der Waals surface area contributed by atoms with Gasteiger partial charge in [-0.25, -0.2) is 12.8 Å². The van der Waals surface area contributed by atoms with E-state index in [9.17, 15) is 22.9 Å². The average molecular weight is 352 g/mol. The van der Waals surface area contributed by atoms with Crippen molar-refractivity contribution in [1.82, 2.24) is 4.72 Å². The molecule has 0 spiro atoms. The second-order valence-electron chi connectivity index (χ2n) is 5.75. The molecule has 1 N–H and O–H groups in total. The van der Waals surface area contributed by atoms with Gasteiger partial charge in [-0.15, -0.1) is 0 Å². The van der Waals surface area contributed by atoms with Gasteiger partial charge in [0, 0.05) is 4.92 Å². The summed E-state index contributed by atoms with van der Waals surface area (Å²) < 4.78 is 40.6. The Balaban J connectivity index is 2.43. The van der Waals surface area contributed by atoms with Crippen LogP contribution in [0.1, 0.15) is 18.1 Å². The van der Waals surface area contributed by atoms with Crippen molar-refractivity contribution in [1.29, 1.82) is 0 Å². The zero-order chi connectivity index (χ0) is 18.0. The largest absolute Gasteiger partial charge is 0.264 e. The number of nitrogens with zero attached hydrogens (tertiary/aromatic N) is 1. The van der Waals surface area contributed by atoms with Gasteiger partial charge in [0.1, 0.15) is 11.4 Å². The molecule has 0 aliphatic carbocycles. The van der Waals surface area contributed by atoms with Crippen molar-refractivity contribution in [3.63, 3.8) is 0 Å². The fourth-order valence-corrected chi connectivity index (χ4v) is 3.72. The molecular formula is C16H17FN2O4S. The van der Waals surface area contributed by atoms with Gasteiger partial charge in [-0.1, -0.05) is 29.8 Å². The van der Waals surface area contributed by atoms with Crippen LogP contribution >= 0.6 is 0 Å². The molecule has 128 valence electrons. The summed E-state index contributed by atoms with van der Waals surface area (Å²) in [6, 6.07) is 11.0. The second-order valence-corrected chi connectivity index (χ2v) is 7.43. The van der Waals surface area contributed by atoms with Crippen LogP contribution in [0.15, 0.2) is 53.4 Å². The molecule has 0 aromatic heterocycles. The van der Waals surface area contributed by atoms with Gasteiger partial charge in [0.05, 0.1) is 4.90 Å². The van der Waals surface area contributed by atoms with Gasteiger partial charge in [0.2, 0.25) is 16.6 Å². The van der Waals surface area contributed by atoms with E-state index in [2.05, 4.69) is 4.72 Å². The Morgan fingerprint density at radius 3 is 2.17 bits per heavy atom. The van der Waals surface area contributed by atoms with E-state index in [1.165, 1.54) is 31.2 Å². The van der Waals surface area contributed by atoms with Crippen LogP contribution in [-0.2, 0) is 15.6 Å². The van der Waals surface area contributed by atoms with Crippen LogP contribution in [0.4, 0.5) is 4.39 Å². The van der Waals surface area contributed by atoms with Gasteiger partial charge < -0.3 is 0 Å². The number of benzene rings is 2. The summed E-state index contributed by atoms with van der Waals surface area (Å²) >= 11 is 0. The number of hydrogen-bond acceptors (Lipinski definition) is 4. The molecule has 0 heterocycles. The van der Waals surface area contributed by atoms with Gasteiger partial charge in [0.25, 0.3) is 0 Å². The summed E-state index contributed by atoms with van der Waals surface area (Å²) in [7, 11) is -3.99. The van der Waals surface area contributed by atoms with Crippen molar-refractivity contribution >= 4 is 10.0 Å². The van der Waals surface area contributed by atoms with Crippen molar-refractivity contribution in [2.24, 2.45) is 0 Å². The third-order valence-electron chi connectivity index (χ3n) is 3.62. The smallest absolute Gasteiger partial charge is 0.241 e. The molecular weight excluding hydrogens is 335 g/mol. The molecule has 0 aliphatic heterocycles.